The number of hydrogen-bond acceptors (Lipinski definition) is 5. The number of halogens is 4. The van der Waals surface area contributed by atoms with Gasteiger partial charge in [-0.3, -0.25) is 4.57 Å². The van der Waals surface area contributed by atoms with Crippen LogP contribution in [-0.4, -0.2) is 29.5 Å². The molecule has 0 saturated carbocycles. The first-order chi connectivity index (χ1) is 15.9. The second kappa shape index (κ2) is 7.04. The summed E-state index contributed by atoms with van der Waals surface area (Å²) in [5.74, 6) is 0.259. The van der Waals surface area contributed by atoms with Gasteiger partial charge in [-0.2, -0.15) is 13.2 Å². The van der Waals surface area contributed by atoms with Gasteiger partial charge in [-0.05, 0) is 30.3 Å². The van der Waals surface area contributed by atoms with Crippen molar-refractivity contribution in [2.45, 2.75) is 12.6 Å². The number of benzene rings is 2. The van der Waals surface area contributed by atoms with Gasteiger partial charge in [-0.15, -0.1) is 5.10 Å². The van der Waals surface area contributed by atoms with Crippen molar-refractivity contribution in [3.63, 3.8) is 0 Å². The van der Waals surface area contributed by atoms with Crippen molar-refractivity contribution in [2.24, 2.45) is 0 Å². The maximum atomic E-state index is 12.9. The van der Waals surface area contributed by atoms with Gasteiger partial charge < -0.3 is 4.42 Å². The van der Waals surface area contributed by atoms with Gasteiger partial charge in [0.25, 0.3) is 0 Å². The summed E-state index contributed by atoms with van der Waals surface area (Å²) in [6.45, 7) is 0. The van der Waals surface area contributed by atoms with Crippen LogP contribution >= 0.6 is 11.6 Å². The SMILES string of the molecule is FC(F)(F)c1ccc(-c2coc(-c3ncn4c3Cc3cnnn3-c3cc(Cl)ccc3-4)n2)cc1. The molecule has 7 nitrogen and oxygen atoms in total. The third-order valence-corrected chi connectivity index (χ3v) is 5.71. The first-order valence-corrected chi connectivity index (χ1v) is 10.2. The van der Waals surface area contributed by atoms with E-state index >= 15 is 0 Å². The molecular formula is C22H12ClF3N6O. The highest BCUT2D eigenvalue weighted by atomic mass is 35.5. The molecule has 0 spiro atoms. The van der Waals surface area contributed by atoms with Crippen LogP contribution in [0.25, 0.3) is 34.2 Å². The fourth-order valence-electron chi connectivity index (χ4n) is 3.90. The van der Waals surface area contributed by atoms with Crippen molar-refractivity contribution in [3.8, 4) is 34.2 Å². The van der Waals surface area contributed by atoms with Crippen LogP contribution in [0.3, 0.4) is 0 Å². The van der Waals surface area contributed by atoms with E-state index in [4.69, 9.17) is 16.0 Å². The second-order valence-corrected chi connectivity index (χ2v) is 7.91. The Hall–Kier alpha value is -3.92. The summed E-state index contributed by atoms with van der Waals surface area (Å²) in [5, 5.41) is 8.77. The number of aromatic nitrogens is 6. The van der Waals surface area contributed by atoms with E-state index in [1.807, 2.05) is 10.6 Å². The van der Waals surface area contributed by atoms with Crippen LogP contribution in [0.15, 0.2) is 65.7 Å². The van der Waals surface area contributed by atoms with Crippen LogP contribution in [-0.2, 0) is 12.6 Å². The highest BCUT2D eigenvalue weighted by Gasteiger charge is 2.30. The summed E-state index contributed by atoms with van der Waals surface area (Å²) < 4.78 is 47.9. The minimum atomic E-state index is -4.40. The molecule has 0 N–H and O–H groups in total. The van der Waals surface area contributed by atoms with Crippen molar-refractivity contribution in [1.82, 2.24) is 29.5 Å². The summed E-state index contributed by atoms with van der Waals surface area (Å²) in [6.07, 6.45) is 0.787. The molecule has 5 aromatic rings. The summed E-state index contributed by atoms with van der Waals surface area (Å²) >= 11 is 6.21. The molecule has 0 saturated heterocycles. The first kappa shape index (κ1) is 19.7. The van der Waals surface area contributed by atoms with Gasteiger partial charge in [0.1, 0.15) is 24.0 Å². The highest BCUT2D eigenvalue weighted by Crippen LogP contribution is 2.35. The van der Waals surface area contributed by atoms with E-state index in [-0.39, 0.29) is 5.89 Å². The van der Waals surface area contributed by atoms with Crippen LogP contribution in [0, 0.1) is 0 Å². The molecule has 11 heteroatoms. The van der Waals surface area contributed by atoms with E-state index in [1.165, 1.54) is 18.4 Å². The lowest BCUT2D eigenvalue weighted by atomic mass is 10.1. The molecule has 4 heterocycles. The number of oxazole rings is 1. The Kier molecular flexibility index (Phi) is 4.21. The molecule has 3 aromatic heterocycles. The fourth-order valence-corrected chi connectivity index (χ4v) is 4.06. The molecule has 0 aliphatic carbocycles. The Balaban J connectivity index is 1.43. The lowest BCUT2D eigenvalue weighted by Crippen LogP contribution is -2.03. The van der Waals surface area contributed by atoms with Gasteiger partial charge in [-0.1, -0.05) is 28.9 Å². The van der Waals surface area contributed by atoms with E-state index in [9.17, 15) is 13.2 Å². The highest BCUT2D eigenvalue weighted by molar-refractivity contribution is 6.30. The van der Waals surface area contributed by atoms with Crippen LogP contribution in [0.2, 0.25) is 5.02 Å². The standard InChI is InChI=1S/C22H12ClF3N6O/c23-14-5-6-17-18(7-14)32-15(9-28-30-32)8-19-20(27-11-31(17)19)21-29-16(10-33-21)12-1-3-13(4-2-12)22(24,25)26/h1-7,9-11H,8H2. The molecule has 6 rings (SSSR count). The van der Waals surface area contributed by atoms with Gasteiger partial charge in [0.15, 0.2) is 0 Å². The minimum absolute atomic E-state index is 0.259. The van der Waals surface area contributed by atoms with Crippen LogP contribution in [0.1, 0.15) is 17.0 Å². The monoisotopic (exact) mass is 468 g/mol. The maximum absolute atomic E-state index is 12.9. The molecule has 1 aliphatic heterocycles. The number of imidazole rings is 1. The third kappa shape index (κ3) is 3.21. The molecule has 0 amide bonds. The van der Waals surface area contributed by atoms with Crippen molar-refractivity contribution < 1.29 is 17.6 Å². The molecule has 0 fully saturated rings. The lowest BCUT2D eigenvalue weighted by molar-refractivity contribution is -0.137. The summed E-state index contributed by atoms with van der Waals surface area (Å²) in [4.78, 5) is 9.00. The average Bonchev–Trinajstić information content (AvgIpc) is 3.52. The molecule has 2 aromatic carbocycles. The largest absolute Gasteiger partial charge is 0.443 e. The predicted molar refractivity (Wildman–Crippen MR) is 112 cm³/mol. The lowest BCUT2D eigenvalue weighted by Gasteiger charge is -2.09. The summed E-state index contributed by atoms with van der Waals surface area (Å²) in [6, 6.07) is 10.2. The van der Waals surface area contributed by atoms with Crippen molar-refractivity contribution >= 4 is 11.6 Å². The zero-order chi connectivity index (χ0) is 22.7. The Morgan fingerprint density at radius 2 is 1.85 bits per heavy atom. The molecule has 1 aliphatic rings. The van der Waals surface area contributed by atoms with Crippen molar-refractivity contribution in [2.75, 3.05) is 0 Å². The van der Waals surface area contributed by atoms with Gasteiger partial charge in [0.05, 0.1) is 34.5 Å². The summed E-state index contributed by atoms with van der Waals surface area (Å²) in [7, 11) is 0. The van der Waals surface area contributed by atoms with E-state index in [1.54, 1.807) is 29.3 Å². The van der Waals surface area contributed by atoms with E-state index in [0.717, 1.165) is 34.9 Å². The van der Waals surface area contributed by atoms with Crippen molar-refractivity contribution in [1.29, 1.82) is 0 Å². The van der Waals surface area contributed by atoms with Crippen LogP contribution < -0.4 is 0 Å². The average molecular weight is 469 g/mol. The quantitative estimate of drug-likeness (QED) is 0.342. The first-order valence-electron chi connectivity index (χ1n) is 9.78. The molecule has 0 unspecified atom stereocenters. The van der Waals surface area contributed by atoms with E-state index in [2.05, 4.69) is 20.3 Å². The van der Waals surface area contributed by atoms with Crippen molar-refractivity contribution in [3.05, 3.63) is 83.2 Å². The van der Waals surface area contributed by atoms with Crippen LogP contribution in [0.4, 0.5) is 13.2 Å². The van der Waals surface area contributed by atoms with Gasteiger partial charge in [-0.25, -0.2) is 14.6 Å². The maximum Gasteiger partial charge on any atom is 0.416 e. The molecule has 0 radical (unpaired) electrons. The summed E-state index contributed by atoms with van der Waals surface area (Å²) in [5.41, 5.74) is 3.91. The molecule has 164 valence electrons. The Labute approximate surface area is 189 Å². The number of hydrogen-bond donors (Lipinski definition) is 0. The molecule has 0 atom stereocenters. The number of alkyl halides is 3. The zero-order valence-corrected chi connectivity index (χ0v) is 17.3. The number of rotatable bonds is 2. The zero-order valence-electron chi connectivity index (χ0n) is 16.6. The molecule has 33 heavy (non-hydrogen) atoms. The van der Waals surface area contributed by atoms with Gasteiger partial charge in [0, 0.05) is 17.0 Å². The predicted octanol–water partition coefficient (Wildman–Crippen LogP) is 5.35. The van der Waals surface area contributed by atoms with Gasteiger partial charge in [0.2, 0.25) is 5.89 Å². The minimum Gasteiger partial charge on any atom is -0.443 e. The molecule has 0 bridgehead atoms. The van der Waals surface area contributed by atoms with E-state index in [0.29, 0.717) is 28.4 Å². The Morgan fingerprint density at radius 3 is 2.64 bits per heavy atom. The fraction of sp³-hybridized carbons (Fsp3) is 0.0909. The third-order valence-electron chi connectivity index (χ3n) is 5.47. The number of nitrogens with zero attached hydrogens (tertiary/aromatic N) is 6. The Morgan fingerprint density at radius 1 is 1.03 bits per heavy atom. The number of fused-ring (bicyclic) bond motifs is 5. The van der Waals surface area contributed by atoms with E-state index < -0.39 is 11.7 Å². The molecular weight excluding hydrogens is 457 g/mol. The smallest absolute Gasteiger partial charge is 0.416 e. The second-order valence-electron chi connectivity index (χ2n) is 7.47. The van der Waals surface area contributed by atoms with Gasteiger partial charge >= 0.3 is 6.18 Å². The van der Waals surface area contributed by atoms with Crippen LogP contribution in [0.5, 0.6) is 0 Å². The topological polar surface area (TPSA) is 74.6 Å². The Bertz CT molecular complexity index is 1500. The normalized spacial score (nSPS) is 12.7.